The van der Waals surface area contributed by atoms with Crippen LogP contribution in [0.1, 0.15) is 51.1 Å². The van der Waals surface area contributed by atoms with E-state index >= 15 is 0 Å². The lowest BCUT2D eigenvalue weighted by molar-refractivity contribution is -0.127. The lowest BCUT2D eigenvalue weighted by Gasteiger charge is -2.14. The van der Waals surface area contributed by atoms with Gasteiger partial charge in [0.25, 0.3) is 0 Å². The van der Waals surface area contributed by atoms with Crippen molar-refractivity contribution in [2.75, 3.05) is 12.4 Å². The molecule has 7 nitrogen and oxygen atoms in total. The van der Waals surface area contributed by atoms with Gasteiger partial charge in [-0.1, -0.05) is 23.7 Å². The molecule has 180 valence electrons. The Labute approximate surface area is 204 Å². The first-order valence-corrected chi connectivity index (χ1v) is 12.1. The predicted octanol–water partition coefficient (Wildman–Crippen LogP) is 5.36. The van der Waals surface area contributed by atoms with Crippen LogP contribution < -0.4 is 5.32 Å². The van der Waals surface area contributed by atoms with Gasteiger partial charge in [-0.15, -0.1) is 0 Å². The van der Waals surface area contributed by atoms with E-state index in [0.29, 0.717) is 11.2 Å². The third-order valence-electron chi connectivity index (χ3n) is 6.22. The van der Waals surface area contributed by atoms with Crippen molar-refractivity contribution >= 4 is 39.4 Å². The van der Waals surface area contributed by atoms with Gasteiger partial charge in [-0.25, -0.2) is 15.0 Å². The third-order valence-corrected chi connectivity index (χ3v) is 6.52. The summed E-state index contributed by atoms with van der Waals surface area (Å²) in [4.78, 5) is 13.2. The van der Waals surface area contributed by atoms with Crippen LogP contribution >= 0.6 is 11.6 Å². The summed E-state index contributed by atoms with van der Waals surface area (Å²) in [6.07, 6.45) is 9.64. The summed E-state index contributed by atoms with van der Waals surface area (Å²) >= 11 is 6.21. The van der Waals surface area contributed by atoms with E-state index in [4.69, 9.17) is 21.8 Å². The molecule has 0 saturated heterocycles. The Morgan fingerprint density at radius 3 is 2.65 bits per heavy atom. The lowest BCUT2D eigenvalue weighted by atomic mass is 9.97. The summed E-state index contributed by atoms with van der Waals surface area (Å²) in [7, 11) is 1.91. The molecule has 0 radical (unpaired) electrons. The van der Waals surface area contributed by atoms with Crippen LogP contribution in [0, 0.1) is 5.92 Å². The maximum Gasteiger partial charge on any atom is 0.156 e. The van der Waals surface area contributed by atoms with Crippen molar-refractivity contribution in [2.24, 2.45) is 5.92 Å². The number of nitrogens with zero attached hydrogens (tertiary/aromatic N) is 4. The summed E-state index contributed by atoms with van der Waals surface area (Å²) in [5.41, 5.74) is 3.39. The van der Waals surface area contributed by atoms with E-state index in [1.54, 1.807) is 6.33 Å². The molecule has 3 aromatic heterocycles. The molecular formula is C26H32ClN5O2. The van der Waals surface area contributed by atoms with Crippen molar-refractivity contribution in [1.29, 1.82) is 0 Å². The van der Waals surface area contributed by atoms with E-state index in [2.05, 4.69) is 55.3 Å². The number of halogens is 1. The van der Waals surface area contributed by atoms with Crippen LogP contribution in [0.15, 0.2) is 48.9 Å². The number of aromatic nitrogens is 4. The highest BCUT2D eigenvalue weighted by atomic mass is 35.5. The lowest BCUT2D eigenvalue weighted by Crippen LogP contribution is -2.15. The van der Waals surface area contributed by atoms with Gasteiger partial charge < -0.3 is 20.1 Å². The van der Waals surface area contributed by atoms with Crippen LogP contribution in [-0.2, 0) is 6.42 Å². The minimum Gasteiger partial charge on any atom is -0.373 e. The van der Waals surface area contributed by atoms with Crippen LogP contribution in [0.4, 0.5) is 5.82 Å². The van der Waals surface area contributed by atoms with E-state index in [0.717, 1.165) is 34.7 Å². The van der Waals surface area contributed by atoms with Crippen LogP contribution in [0.3, 0.4) is 0 Å². The number of anilines is 1. The first-order valence-electron chi connectivity index (χ1n) is 11.7. The number of nitrogens with one attached hydrogen (secondary N) is 1. The summed E-state index contributed by atoms with van der Waals surface area (Å²) in [5, 5.41) is 21.9. The van der Waals surface area contributed by atoms with Crippen LogP contribution in [0.2, 0.25) is 5.15 Å². The molecule has 0 spiro atoms. The Balaban J connectivity index is 0.000000499. The second-order valence-electron chi connectivity index (χ2n) is 9.46. The molecule has 5 rings (SSSR count). The summed E-state index contributed by atoms with van der Waals surface area (Å²) in [6.45, 7) is 2.60. The van der Waals surface area contributed by atoms with Gasteiger partial charge in [-0.2, -0.15) is 0 Å². The summed E-state index contributed by atoms with van der Waals surface area (Å²) in [6, 6.07) is 13.3. The number of fused-ring (bicyclic) bond motifs is 2. The van der Waals surface area contributed by atoms with E-state index in [9.17, 15) is 0 Å². The van der Waals surface area contributed by atoms with Crippen molar-refractivity contribution in [3.63, 3.8) is 0 Å². The number of aliphatic hydroxyl groups is 2. The summed E-state index contributed by atoms with van der Waals surface area (Å²) in [5.74, 6) is 0.151. The minimum absolute atomic E-state index is 0.500. The fourth-order valence-electron chi connectivity index (χ4n) is 4.63. The Morgan fingerprint density at radius 2 is 1.88 bits per heavy atom. The maximum atomic E-state index is 8.08. The van der Waals surface area contributed by atoms with Gasteiger partial charge in [0.2, 0.25) is 0 Å². The summed E-state index contributed by atoms with van der Waals surface area (Å²) < 4.78 is 2.29. The second-order valence-corrected chi connectivity index (χ2v) is 9.82. The molecule has 4 aromatic rings. The zero-order valence-electron chi connectivity index (χ0n) is 19.9. The molecule has 0 aliphatic heterocycles. The van der Waals surface area contributed by atoms with Crippen molar-refractivity contribution in [3.8, 4) is 0 Å². The zero-order chi connectivity index (χ0) is 24.3. The molecule has 34 heavy (non-hydrogen) atoms. The highest BCUT2D eigenvalue weighted by Crippen LogP contribution is 2.39. The van der Waals surface area contributed by atoms with E-state index < -0.39 is 5.79 Å². The SMILES string of the molecule is CC(C)(O)O.CNc1ccc2ccc(CCC3CCC(n4ccc5c(Cl)ncnc54)C3)cc2n1. The van der Waals surface area contributed by atoms with E-state index in [1.807, 2.05) is 19.2 Å². The molecule has 1 aliphatic carbocycles. The van der Waals surface area contributed by atoms with Crippen LogP contribution in [0.25, 0.3) is 21.9 Å². The molecule has 0 amide bonds. The number of aryl methyl sites for hydroxylation is 1. The van der Waals surface area contributed by atoms with Crippen LogP contribution in [-0.4, -0.2) is 42.6 Å². The number of pyridine rings is 1. The fraction of sp³-hybridized carbons (Fsp3) is 0.423. The highest BCUT2D eigenvalue weighted by molar-refractivity contribution is 6.33. The van der Waals surface area contributed by atoms with Gasteiger partial charge in [0, 0.05) is 24.7 Å². The highest BCUT2D eigenvalue weighted by Gasteiger charge is 2.27. The topological polar surface area (TPSA) is 96.1 Å². The minimum atomic E-state index is -1.50. The molecule has 1 aliphatic rings. The van der Waals surface area contributed by atoms with Gasteiger partial charge >= 0.3 is 0 Å². The van der Waals surface area contributed by atoms with Gasteiger partial charge in [0.15, 0.2) is 5.79 Å². The first kappa shape index (κ1) is 24.4. The average Bonchev–Trinajstić information content (AvgIpc) is 3.43. The molecule has 8 heteroatoms. The third kappa shape index (κ3) is 6.03. The number of hydrogen-bond acceptors (Lipinski definition) is 6. The zero-order valence-corrected chi connectivity index (χ0v) is 20.6. The molecule has 3 N–H and O–H groups in total. The molecule has 1 saturated carbocycles. The smallest absolute Gasteiger partial charge is 0.156 e. The normalized spacial score (nSPS) is 18.2. The van der Waals surface area contributed by atoms with E-state index in [1.165, 1.54) is 50.5 Å². The average molecular weight is 482 g/mol. The molecule has 1 fully saturated rings. The molecule has 0 bridgehead atoms. The standard InChI is InChI=1S/C23H24ClN5.C3H8O2/c1-25-21-9-7-17-6-4-16(13-20(17)28-21)3-2-15-5-8-18(12-15)29-11-10-19-22(24)26-14-27-23(19)29;1-3(2,4)5/h4,6-7,9-11,13-15,18H,2-3,5,8,12H2,1H3,(H,25,28);4-5H,1-2H3. The number of hydrogen-bond donors (Lipinski definition) is 3. The monoisotopic (exact) mass is 481 g/mol. The Hall–Kier alpha value is -2.74. The van der Waals surface area contributed by atoms with Gasteiger partial charge in [-0.3, -0.25) is 0 Å². The van der Waals surface area contributed by atoms with Gasteiger partial charge in [0.05, 0.1) is 10.9 Å². The Morgan fingerprint density at radius 1 is 1.12 bits per heavy atom. The van der Waals surface area contributed by atoms with Crippen molar-refractivity contribution < 1.29 is 10.2 Å². The maximum absolute atomic E-state index is 8.08. The largest absolute Gasteiger partial charge is 0.373 e. The van der Waals surface area contributed by atoms with Crippen molar-refractivity contribution in [3.05, 3.63) is 59.6 Å². The predicted molar refractivity (Wildman–Crippen MR) is 137 cm³/mol. The molecule has 2 atom stereocenters. The molecule has 1 aromatic carbocycles. The number of benzene rings is 1. The molecule has 3 heterocycles. The molecular weight excluding hydrogens is 450 g/mol. The second kappa shape index (κ2) is 10.3. The quantitative estimate of drug-likeness (QED) is 0.262. The first-order chi connectivity index (χ1) is 16.2. The van der Waals surface area contributed by atoms with Crippen LogP contribution in [0.5, 0.6) is 0 Å². The van der Waals surface area contributed by atoms with Crippen molar-refractivity contribution in [1.82, 2.24) is 19.5 Å². The van der Waals surface area contributed by atoms with Crippen molar-refractivity contribution in [2.45, 2.75) is 57.8 Å². The van der Waals surface area contributed by atoms with Gasteiger partial charge in [-0.05, 0) is 81.7 Å². The van der Waals surface area contributed by atoms with Gasteiger partial charge in [0.1, 0.15) is 22.9 Å². The molecule has 2 unspecified atom stereocenters. The fourth-order valence-corrected chi connectivity index (χ4v) is 4.82. The Kier molecular flexibility index (Phi) is 7.36. The Bertz CT molecular complexity index is 1260. The number of rotatable bonds is 5. The van der Waals surface area contributed by atoms with E-state index in [-0.39, 0.29) is 0 Å².